The number of nitrogen functional groups attached to an aromatic ring is 1. The molecule has 1 aliphatic heterocycles. The highest BCUT2D eigenvalue weighted by molar-refractivity contribution is 5.89. The van der Waals surface area contributed by atoms with Crippen LogP contribution in [0.15, 0.2) is 24.7 Å². The van der Waals surface area contributed by atoms with Crippen LogP contribution in [0.3, 0.4) is 0 Å². The first-order valence-electron chi connectivity index (χ1n) is 10.4. The number of ether oxygens (including phenoxy) is 1. The van der Waals surface area contributed by atoms with Crippen molar-refractivity contribution in [1.82, 2.24) is 19.9 Å². The van der Waals surface area contributed by atoms with Gasteiger partial charge in [0.25, 0.3) is 0 Å². The zero-order chi connectivity index (χ0) is 21.0. The highest BCUT2D eigenvalue weighted by atomic mass is 16.5. The molecule has 158 valence electrons. The van der Waals surface area contributed by atoms with Gasteiger partial charge in [-0.05, 0) is 49.6 Å². The third kappa shape index (κ3) is 3.03. The van der Waals surface area contributed by atoms with E-state index in [1.54, 1.807) is 0 Å². The molecule has 3 aromatic rings. The van der Waals surface area contributed by atoms with E-state index in [0.29, 0.717) is 17.9 Å². The second-order valence-electron chi connectivity index (χ2n) is 8.44. The largest absolute Gasteiger partial charge is 0.487 e. The van der Waals surface area contributed by atoms with E-state index in [0.717, 1.165) is 47.3 Å². The number of benzene rings is 1. The lowest BCUT2D eigenvalue weighted by Gasteiger charge is -2.25. The van der Waals surface area contributed by atoms with Crippen LogP contribution < -0.4 is 15.8 Å². The summed E-state index contributed by atoms with van der Waals surface area (Å²) < 4.78 is 8.21. The summed E-state index contributed by atoms with van der Waals surface area (Å²) in [6, 6.07) is 3.85. The molecule has 1 aromatic carbocycles. The van der Waals surface area contributed by atoms with E-state index >= 15 is 0 Å². The van der Waals surface area contributed by atoms with Crippen molar-refractivity contribution in [3.05, 3.63) is 46.9 Å². The van der Waals surface area contributed by atoms with E-state index in [4.69, 9.17) is 10.5 Å². The lowest BCUT2D eigenvalue weighted by atomic mass is 9.97. The molecule has 8 heteroatoms. The number of aromatic nitrogens is 3. The number of aliphatic hydroxyl groups is 2. The molecular formula is C22H27N5O3. The maximum absolute atomic E-state index is 10.9. The van der Waals surface area contributed by atoms with Gasteiger partial charge >= 0.3 is 0 Å². The van der Waals surface area contributed by atoms with E-state index in [2.05, 4.69) is 28.3 Å². The van der Waals surface area contributed by atoms with Crippen molar-refractivity contribution in [2.75, 3.05) is 12.3 Å². The van der Waals surface area contributed by atoms with E-state index in [1.807, 2.05) is 23.8 Å². The van der Waals surface area contributed by atoms with Crippen LogP contribution in [0.1, 0.15) is 34.7 Å². The monoisotopic (exact) mass is 409 g/mol. The highest BCUT2D eigenvalue weighted by Crippen LogP contribution is 2.38. The Morgan fingerprint density at radius 2 is 2.03 bits per heavy atom. The molecule has 1 fully saturated rings. The minimum absolute atomic E-state index is 0.366. The maximum atomic E-state index is 10.9. The number of hydrogen-bond donors (Lipinski definition) is 4. The van der Waals surface area contributed by atoms with Crippen LogP contribution in [-0.4, -0.2) is 49.6 Å². The predicted molar refractivity (Wildman–Crippen MR) is 113 cm³/mol. The Labute approximate surface area is 174 Å². The van der Waals surface area contributed by atoms with Gasteiger partial charge in [0.15, 0.2) is 0 Å². The van der Waals surface area contributed by atoms with Crippen molar-refractivity contribution >= 4 is 16.9 Å². The first kappa shape index (κ1) is 19.3. The van der Waals surface area contributed by atoms with Crippen LogP contribution in [0.5, 0.6) is 5.75 Å². The smallest absolute Gasteiger partial charge is 0.146 e. The first-order chi connectivity index (χ1) is 14.4. The number of fused-ring (bicyclic) bond motifs is 2. The number of nitrogens with zero attached hydrogens (tertiary/aromatic N) is 3. The summed E-state index contributed by atoms with van der Waals surface area (Å²) in [4.78, 5) is 8.45. The molecule has 5 N–H and O–H groups in total. The van der Waals surface area contributed by atoms with Crippen molar-refractivity contribution in [2.45, 2.75) is 57.6 Å². The SMILES string of the molecule is Cc1cc2c(c(OC3CC(n4cc(C)c5c(N)ncnc54)[C@H](O)[C@@H]3O)c1)CNCC2. The van der Waals surface area contributed by atoms with Crippen LogP contribution in [0, 0.1) is 13.8 Å². The summed E-state index contributed by atoms with van der Waals surface area (Å²) in [5, 5.41) is 25.8. The second kappa shape index (κ2) is 7.23. The lowest BCUT2D eigenvalue weighted by Crippen LogP contribution is -2.35. The van der Waals surface area contributed by atoms with Gasteiger partial charge in [0.05, 0.1) is 11.4 Å². The van der Waals surface area contributed by atoms with Gasteiger partial charge < -0.3 is 30.6 Å². The average Bonchev–Trinajstić information content (AvgIpc) is 3.20. The summed E-state index contributed by atoms with van der Waals surface area (Å²) in [5.41, 5.74) is 11.2. The Bertz CT molecular complexity index is 1110. The van der Waals surface area contributed by atoms with Crippen LogP contribution in [-0.2, 0) is 13.0 Å². The summed E-state index contributed by atoms with van der Waals surface area (Å²) >= 11 is 0. The first-order valence-corrected chi connectivity index (χ1v) is 10.4. The van der Waals surface area contributed by atoms with Crippen molar-refractivity contribution in [3.63, 3.8) is 0 Å². The summed E-state index contributed by atoms with van der Waals surface area (Å²) in [6.07, 6.45) is 2.27. The summed E-state index contributed by atoms with van der Waals surface area (Å²) in [7, 11) is 0. The quantitative estimate of drug-likeness (QED) is 0.516. The van der Waals surface area contributed by atoms with Crippen LogP contribution in [0.4, 0.5) is 5.82 Å². The molecule has 2 unspecified atom stereocenters. The van der Waals surface area contributed by atoms with Crippen molar-refractivity contribution < 1.29 is 14.9 Å². The van der Waals surface area contributed by atoms with Gasteiger partial charge in [-0.1, -0.05) is 6.07 Å². The highest BCUT2D eigenvalue weighted by Gasteiger charge is 2.45. The van der Waals surface area contributed by atoms with Gasteiger partial charge in [-0.3, -0.25) is 0 Å². The Morgan fingerprint density at radius 3 is 2.87 bits per heavy atom. The number of anilines is 1. The standard InChI is InChI=1S/C22H27N5O3/c1-11-5-13-3-4-24-8-14(13)16(6-11)30-17-7-15(19(28)20(17)29)27-9-12(2)18-21(23)25-10-26-22(18)27/h5-6,9-10,15,17,19-20,24,28-29H,3-4,7-8H2,1-2H3,(H2,23,25,26)/t15?,17?,19-,20+/m0/s1. The van der Waals surface area contributed by atoms with Crippen molar-refractivity contribution in [1.29, 1.82) is 0 Å². The van der Waals surface area contributed by atoms with Gasteiger partial charge in [-0.25, -0.2) is 9.97 Å². The fraction of sp³-hybridized carbons (Fsp3) is 0.455. The van der Waals surface area contributed by atoms with Crippen LogP contribution >= 0.6 is 0 Å². The van der Waals surface area contributed by atoms with E-state index < -0.39 is 18.3 Å². The number of aryl methyl sites for hydroxylation is 2. The van der Waals surface area contributed by atoms with E-state index in [9.17, 15) is 10.2 Å². The third-order valence-electron chi connectivity index (χ3n) is 6.38. The number of nitrogens with two attached hydrogens (primary N) is 1. The van der Waals surface area contributed by atoms with E-state index in [-0.39, 0.29) is 6.04 Å². The fourth-order valence-electron chi connectivity index (χ4n) is 4.90. The van der Waals surface area contributed by atoms with Gasteiger partial charge in [-0.15, -0.1) is 0 Å². The van der Waals surface area contributed by atoms with Gasteiger partial charge in [0, 0.05) is 24.7 Å². The predicted octanol–water partition coefficient (Wildman–Crippen LogP) is 1.39. The second-order valence-corrected chi connectivity index (χ2v) is 8.44. The molecule has 0 bridgehead atoms. The molecule has 30 heavy (non-hydrogen) atoms. The van der Waals surface area contributed by atoms with Gasteiger partial charge in [0.1, 0.15) is 41.9 Å². The molecule has 1 aliphatic carbocycles. The van der Waals surface area contributed by atoms with Crippen LogP contribution in [0.2, 0.25) is 0 Å². The molecule has 4 atom stereocenters. The number of nitrogens with one attached hydrogen (secondary N) is 1. The molecule has 2 aliphatic rings. The fourth-order valence-corrected chi connectivity index (χ4v) is 4.90. The van der Waals surface area contributed by atoms with Gasteiger partial charge in [0.2, 0.25) is 0 Å². The molecule has 0 spiro atoms. The molecule has 0 saturated heterocycles. The lowest BCUT2D eigenvalue weighted by molar-refractivity contribution is -0.0166. The maximum Gasteiger partial charge on any atom is 0.146 e. The summed E-state index contributed by atoms with van der Waals surface area (Å²) in [6.45, 7) is 5.69. The Morgan fingerprint density at radius 1 is 1.20 bits per heavy atom. The summed E-state index contributed by atoms with van der Waals surface area (Å²) in [5.74, 6) is 1.20. The zero-order valence-corrected chi connectivity index (χ0v) is 17.2. The normalized spacial score (nSPS) is 26.1. The Balaban J connectivity index is 1.47. The Kier molecular flexibility index (Phi) is 4.65. The minimum atomic E-state index is -1.00. The molecule has 2 aromatic heterocycles. The Hall–Kier alpha value is -2.68. The van der Waals surface area contributed by atoms with Crippen LogP contribution in [0.25, 0.3) is 11.0 Å². The van der Waals surface area contributed by atoms with Crippen molar-refractivity contribution in [2.24, 2.45) is 0 Å². The van der Waals surface area contributed by atoms with Gasteiger partial charge in [-0.2, -0.15) is 0 Å². The number of aliphatic hydroxyl groups excluding tert-OH is 2. The topological polar surface area (TPSA) is 118 Å². The average molecular weight is 409 g/mol. The molecule has 3 heterocycles. The molecule has 5 rings (SSSR count). The van der Waals surface area contributed by atoms with Crippen molar-refractivity contribution in [3.8, 4) is 5.75 Å². The molecule has 0 amide bonds. The molecule has 0 radical (unpaired) electrons. The minimum Gasteiger partial charge on any atom is -0.487 e. The molecular weight excluding hydrogens is 382 g/mol. The molecule has 8 nitrogen and oxygen atoms in total. The van der Waals surface area contributed by atoms with E-state index in [1.165, 1.54) is 11.9 Å². The number of rotatable bonds is 3. The number of hydrogen-bond acceptors (Lipinski definition) is 7. The third-order valence-corrected chi connectivity index (χ3v) is 6.38. The zero-order valence-electron chi connectivity index (χ0n) is 17.2. The molecule has 1 saturated carbocycles.